The van der Waals surface area contributed by atoms with Crippen molar-refractivity contribution in [3.8, 4) is 0 Å². The van der Waals surface area contributed by atoms with Crippen molar-refractivity contribution >= 4 is 17.2 Å². The SMILES string of the molecule is O=C(c1scc2c1CCCC2)N1C[C@H]2C[C@@H](n3cncn3)[C@H](O)C[C@H]2C1. The van der Waals surface area contributed by atoms with Gasteiger partial charge in [-0.2, -0.15) is 5.10 Å². The number of thiophene rings is 1. The van der Waals surface area contributed by atoms with Gasteiger partial charge in [0.1, 0.15) is 12.7 Å². The normalized spacial score (nSPS) is 30.9. The zero-order valence-electron chi connectivity index (χ0n) is 14.8. The Morgan fingerprint density at radius 3 is 2.81 bits per heavy atom. The van der Waals surface area contributed by atoms with E-state index in [0.29, 0.717) is 11.8 Å². The molecule has 3 heterocycles. The molecular formula is C19H24N4O2S. The number of aromatic nitrogens is 3. The molecule has 0 bridgehead atoms. The van der Waals surface area contributed by atoms with Crippen molar-refractivity contribution < 1.29 is 9.90 Å². The monoisotopic (exact) mass is 372 g/mol. The Morgan fingerprint density at radius 2 is 2.00 bits per heavy atom. The molecule has 2 aromatic heterocycles. The minimum atomic E-state index is -0.414. The molecule has 26 heavy (non-hydrogen) atoms. The Kier molecular flexibility index (Phi) is 4.09. The predicted molar refractivity (Wildman–Crippen MR) is 98.1 cm³/mol. The number of hydrogen-bond donors (Lipinski definition) is 1. The summed E-state index contributed by atoms with van der Waals surface area (Å²) in [7, 11) is 0. The second-order valence-corrected chi connectivity index (χ2v) is 8.87. The van der Waals surface area contributed by atoms with Crippen molar-refractivity contribution in [1.82, 2.24) is 19.7 Å². The topological polar surface area (TPSA) is 71.2 Å². The molecule has 6 nitrogen and oxygen atoms in total. The van der Waals surface area contributed by atoms with Crippen LogP contribution in [0.1, 0.15) is 52.5 Å². The van der Waals surface area contributed by atoms with Crippen LogP contribution in [0.3, 0.4) is 0 Å². The molecule has 3 aliphatic rings. The summed E-state index contributed by atoms with van der Waals surface area (Å²) < 4.78 is 1.78. The van der Waals surface area contributed by atoms with E-state index in [-0.39, 0.29) is 11.9 Å². The van der Waals surface area contributed by atoms with Gasteiger partial charge in [0.2, 0.25) is 0 Å². The van der Waals surface area contributed by atoms with E-state index in [4.69, 9.17) is 0 Å². The highest BCUT2D eigenvalue weighted by Gasteiger charge is 2.44. The molecule has 2 fully saturated rings. The Morgan fingerprint density at radius 1 is 1.19 bits per heavy atom. The van der Waals surface area contributed by atoms with Gasteiger partial charge in [0, 0.05) is 13.1 Å². The van der Waals surface area contributed by atoms with E-state index >= 15 is 0 Å². The summed E-state index contributed by atoms with van der Waals surface area (Å²) in [5.41, 5.74) is 2.70. The number of likely N-dealkylation sites (tertiary alicyclic amines) is 1. The first-order valence-corrected chi connectivity index (χ1v) is 10.5. The lowest BCUT2D eigenvalue weighted by Crippen LogP contribution is -2.36. The van der Waals surface area contributed by atoms with E-state index in [1.807, 2.05) is 4.90 Å². The largest absolute Gasteiger partial charge is 0.391 e. The van der Waals surface area contributed by atoms with Gasteiger partial charge in [-0.25, -0.2) is 9.67 Å². The number of fused-ring (bicyclic) bond motifs is 2. The van der Waals surface area contributed by atoms with Crippen LogP contribution in [-0.2, 0) is 12.8 Å². The van der Waals surface area contributed by atoms with Crippen LogP contribution in [0.25, 0.3) is 0 Å². The Labute approximate surface area is 156 Å². The van der Waals surface area contributed by atoms with Gasteiger partial charge in [0.25, 0.3) is 5.91 Å². The number of carbonyl (C=O) groups excluding carboxylic acids is 1. The zero-order chi connectivity index (χ0) is 17.7. The van der Waals surface area contributed by atoms with E-state index in [0.717, 1.165) is 43.6 Å². The number of rotatable bonds is 2. The number of aliphatic hydroxyl groups excluding tert-OH is 1. The van der Waals surface area contributed by atoms with Gasteiger partial charge in [-0.15, -0.1) is 11.3 Å². The van der Waals surface area contributed by atoms with Crippen molar-refractivity contribution in [2.75, 3.05) is 13.1 Å². The maximum atomic E-state index is 13.2. The van der Waals surface area contributed by atoms with Crippen molar-refractivity contribution in [2.24, 2.45) is 11.8 Å². The summed E-state index contributed by atoms with van der Waals surface area (Å²) in [6, 6.07) is -0.0247. The van der Waals surface area contributed by atoms with E-state index in [2.05, 4.69) is 15.5 Å². The van der Waals surface area contributed by atoms with Crippen LogP contribution in [0.15, 0.2) is 18.0 Å². The molecule has 138 valence electrons. The Bertz CT molecular complexity index is 803. The molecule has 0 radical (unpaired) electrons. The number of aryl methyl sites for hydroxylation is 1. The highest BCUT2D eigenvalue weighted by atomic mass is 32.1. The van der Waals surface area contributed by atoms with Crippen LogP contribution >= 0.6 is 11.3 Å². The molecule has 0 unspecified atom stereocenters. The molecule has 5 rings (SSSR count). The van der Waals surface area contributed by atoms with Gasteiger partial charge < -0.3 is 10.0 Å². The van der Waals surface area contributed by atoms with Crippen molar-refractivity contribution in [3.63, 3.8) is 0 Å². The third kappa shape index (κ3) is 2.68. The smallest absolute Gasteiger partial charge is 0.264 e. The summed E-state index contributed by atoms with van der Waals surface area (Å²) in [5, 5.41) is 17.0. The van der Waals surface area contributed by atoms with E-state index < -0.39 is 6.10 Å². The van der Waals surface area contributed by atoms with Gasteiger partial charge >= 0.3 is 0 Å². The van der Waals surface area contributed by atoms with E-state index in [1.165, 1.54) is 30.3 Å². The summed E-state index contributed by atoms with van der Waals surface area (Å²) in [4.78, 5) is 20.2. The first-order valence-electron chi connectivity index (χ1n) is 9.61. The van der Waals surface area contributed by atoms with Crippen molar-refractivity contribution in [2.45, 2.75) is 50.7 Å². The molecule has 1 N–H and O–H groups in total. The molecule has 2 aromatic rings. The molecule has 1 aliphatic heterocycles. The minimum Gasteiger partial charge on any atom is -0.391 e. The van der Waals surface area contributed by atoms with Crippen molar-refractivity contribution in [3.05, 3.63) is 34.0 Å². The Hall–Kier alpha value is -1.73. The van der Waals surface area contributed by atoms with E-state index in [9.17, 15) is 9.90 Å². The van der Waals surface area contributed by atoms with Gasteiger partial charge in [0.15, 0.2) is 0 Å². The van der Waals surface area contributed by atoms with Gasteiger partial charge in [-0.1, -0.05) is 0 Å². The standard InChI is InChI=1S/C19H24N4O2S/c24-17-6-14-8-22(7-13(14)5-16(17)23-11-20-10-21-23)19(25)18-15-4-2-1-3-12(15)9-26-18/h9-11,13-14,16-17,24H,1-8H2/t13-,14+,16-,17-/m1/s1. The molecule has 1 saturated heterocycles. The van der Waals surface area contributed by atoms with E-state index in [1.54, 1.807) is 22.3 Å². The molecule has 1 saturated carbocycles. The lowest BCUT2D eigenvalue weighted by atomic mass is 9.77. The molecule has 2 aliphatic carbocycles. The fourth-order valence-electron chi connectivity index (χ4n) is 5.09. The number of hydrogen-bond acceptors (Lipinski definition) is 5. The van der Waals surface area contributed by atoms with Crippen LogP contribution in [-0.4, -0.2) is 49.9 Å². The number of aliphatic hydroxyl groups is 1. The summed E-state index contributed by atoms with van der Waals surface area (Å²) in [5.74, 6) is 1.04. The Balaban J connectivity index is 1.33. The lowest BCUT2D eigenvalue weighted by molar-refractivity contribution is 0.0304. The maximum absolute atomic E-state index is 13.2. The number of carbonyl (C=O) groups is 1. The average Bonchev–Trinajstić information content (AvgIpc) is 3.39. The zero-order valence-corrected chi connectivity index (χ0v) is 15.6. The fraction of sp³-hybridized carbons (Fsp3) is 0.632. The summed E-state index contributed by atoms with van der Waals surface area (Å²) in [6.07, 6.45) is 9.00. The quantitative estimate of drug-likeness (QED) is 0.878. The summed E-state index contributed by atoms with van der Waals surface area (Å²) in [6.45, 7) is 1.57. The second kappa shape index (κ2) is 6.46. The highest BCUT2D eigenvalue weighted by molar-refractivity contribution is 7.12. The van der Waals surface area contributed by atoms with Crippen molar-refractivity contribution in [1.29, 1.82) is 0 Å². The maximum Gasteiger partial charge on any atom is 0.264 e. The molecule has 7 heteroatoms. The van der Waals surface area contributed by atoms with Crippen LogP contribution in [0.4, 0.5) is 0 Å². The number of nitrogens with zero attached hydrogens (tertiary/aromatic N) is 4. The van der Waals surface area contributed by atoms with Crippen LogP contribution < -0.4 is 0 Å². The van der Waals surface area contributed by atoms with Crippen LogP contribution in [0.5, 0.6) is 0 Å². The second-order valence-electron chi connectivity index (χ2n) is 7.99. The molecule has 4 atom stereocenters. The molecule has 0 aromatic carbocycles. The number of amides is 1. The minimum absolute atomic E-state index is 0.0247. The average molecular weight is 372 g/mol. The predicted octanol–water partition coefficient (Wildman–Crippen LogP) is 2.30. The van der Waals surface area contributed by atoms with Crippen LogP contribution in [0, 0.1) is 11.8 Å². The fourth-order valence-corrected chi connectivity index (χ4v) is 6.21. The lowest BCUT2D eigenvalue weighted by Gasteiger charge is -2.34. The molecule has 1 amide bonds. The van der Waals surface area contributed by atoms with Gasteiger partial charge in [-0.3, -0.25) is 4.79 Å². The molecular weight excluding hydrogens is 348 g/mol. The van der Waals surface area contributed by atoms with Crippen LogP contribution in [0.2, 0.25) is 0 Å². The first kappa shape index (κ1) is 16.4. The third-order valence-corrected chi connectivity index (χ3v) is 7.53. The van der Waals surface area contributed by atoms with Gasteiger partial charge in [0.05, 0.1) is 17.0 Å². The summed E-state index contributed by atoms with van der Waals surface area (Å²) >= 11 is 1.63. The first-order chi connectivity index (χ1) is 12.7. The molecule has 0 spiro atoms. The van der Waals surface area contributed by atoms with Gasteiger partial charge in [-0.05, 0) is 66.9 Å². The highest BCUT2D eigenvalue weighted by Crippen LogP contribution is 2.42. The third-order valence-electron chi connectivity index (χ3n) is 6.47.